The number of hydrogen-bond donors (Lipinski definition) is 1. The van der Waals surface area contributed by atoms with E-state index < -0.39 is 0 Å². The number of rotatable bonds is 5. The zero-order valence-electron chi connectivity index (χ0n) is 19.0. The lowest BCUT2D eigenvalue weighted by Crippen LogP contribution is -2.48. The van der Waals surface area contributed by atoms with Crippen LogP contribution in [0.5, 0.6) is 0 Å². The lowest BCUT2D eigenvalue weighted by Gasteiger charge is -2.41. The number of carbonyl (C=O) groups excluding carboxylic acids is 1. The average molecular weight is 413 g/mol. The van der Waals surface area contributed by atoms with Gasteiger partial charge in [-0.05, 0) is 46.0 Å². The number of allylic oxidation sites excluding steroid dienone is 3. The van der Waals surface area contributed by atoms with E-state index in [0.29, 0.717) is 18.0 Å². The van der Waals surface area contributed by atoms with Crippen LogP contribution in [0.4, 0.5) is 5.82 Å². The van der Waals surface area contributed by atoms with E-state index in [4.69, 9.17) is 4.74 Å². The highest BCUT2D eigenvalue weighted by atomic mass is 16.5. The van der Waals surface area contributed by atoms with E-state index in [-0.39, 0.29) is 29.1 Å². The van der Waals surface area contributed by atoms with Crippen molar-refractivity contribution >= 4 is 11.7 Å². The van der Waals surface area contributed by atoms with Crippen LogP contribution in [0.2, 0.25) is 0 Å². The molecule has 1 saturated heterocycles. The molecule has 1 aliphatic carbocycles. The van der Waals surface area contributed by atoms with Crippen LogP contribution in [-0.2, 0) is 10.3 Å². The molecule has 1 aromatic rings. The summed E-state index contributed by atoms with van der Waals surface area (Å²) in [6.07, 6.45) is 15.4. The predicted molar refractivity (Wildman–Crippen MR) is 120 cm³/mol. The van der Waals surface area contributed by atoms with E-state index >= 15 is 0 Å². The van der Waals surface area contributed by atoms with E-state index in [0.717, 1.165) is 37.9 Å². The van der Waals surface area contributed by atoms with Gasteiger partial charge in [-0.3, -0.25) is 4.79 Å². The van der Waals surface area contributed by atoms with Gasteiger partial charge in [0.2, 0.25) is 0 Å². The van der Waals surface area contributed by atoms with Gasteiger partial charge in [0, 0.05) is 31.2 Å². The number of nitrogens with one attached hydrogen (secondary N) is 1. The molecular formula is C24H36N4O2. The Bertz CT molecular complexity index is 849. The first-order valence-electron chi connectivity index (χ1n) is 11.4. The van der Waals surface area contributed by atoms with Crippen molar-refractivity contribution in [2.24, 2.45) is 5.92 Å². The number of aromatic nitrogens is 2. The Morgan fingerprint density at radius 1 is 1.27 bits per heavy atom. The monoisotopic (exact) mass is 412 g/mol. The first-order valence-corrected chi connectivity index (χ1v) is 11.4. The van der Waals surface area contributed by atoms with Gasteiger partial charge in [-0.1, -0.05) is 38.2 Å². The Balaban J connectivity index is 1.67. The first kappa shape index (κ1) is 21.2. The van der Waals surface area contributed by atoms with Crippen LogP contribution in [0.25, 0.3) is 0 Å². The second-order valence-electron chi connectivity index (χ2n) is 9.71. The van der Waals surface area contributed by atoms with Gasteiger partial charge in [-0.2, -0.15) is 5.10 Å². The molecule has 1 N–H and O–H groups in total. The lowest BCUT2D eigenvalue weighted by atomic mass is 9.82. The van der Waals surface area contributed by atoms with Crippen molar-refractivity contribution in [1.82, 2.24) is 14.7 Å². The van der Waals surface area contributed by atoms with Crippen molar-refractivity contribution in [3.63, 3.8) is 0 Å². The van der Waals surface area contributed by atoms with Crippen LogP contribution in [0.15, 0.2) is 30.5 Å². The largest absolute Gasteiger partial charge is 0.380 e. The van der Waals surface area contributed by atoms with Crippen molar-refractivity contribution < 1.29 is 9.53 Å². The van der Waals surface area contributed by atoms with Gasteiger partial charge in [0.25, 0.3) is 5.91 Å². The third-order valence-electron chi connectivity index (χ3n) is 7.61. The summed E-state index contributed by atoms with van der Waals surface area (Å²) in [6, 6.07) is 0.282. The molecule has 0 aromatic carbocycles. The zero-order chi connectivity index (χ0) is 21.5. The Hall–Kier alpha value is -2.08. The van der Waals surface area contributed by atoms with Crippen LogP contribution < -0.4 is 5.32 Å². The standard InChI is InChI=1S/C24H36N4O2/c1-6-24(7-2)13-18(30-5)16-27(24)22(29)19-15-25-28-21(19)26-20(14-23(28,3)4)17-11-9-8-10-12-17/h8-11,15,17-18,20,26H,6-7,12-14,16H2,1-5H3/t17?,18-,20-/m1/s1. The smallest absolute Gasteiger partial charge is 0.259 e. The summed E-state index contributed by atoms with van der Waals surface area (Å²) in [7, 11) is 1.75. The summed E-state index contributed by atoms with van der Waals surface area (Å²) in [6.45, 7) is 9.43. The molecule has 3 heterocycles. The fourth-order valence-corrected chi connectivity index (χ4v) is 5.63. The van der Waals surface area contributed by atoms with Gasteiger partial charge >= 0.3 is 0 Å². The quantitative estimate of drug-likeness (QED) is 0.781. The second-order valence-corrected chi connectivity index (χ2v) is 9.71. The molecule has 1 fully saturated rings. The zero-order valence-corrected chi connectivity index (χ0v) is 19.0. The maximum Gasteiger partial charge on any atom is 0.259 e. The van der Waals surface area contributed by atoms with E-state index in [1.807, 2.05) is 4.68 Å². The van der Waals surface area contributed by atoms with Gasteiger partial charge in [-0.25, -0.2) is 4.68 Å². The van der Waals surface area contributed by atoms with Gasteiger partial charge in [0.05, 0.1) is 17.8 Å². The van der Waals surface area contributed by atoms with Gasteiger partial charge in [-0.15, -0.1) is 0 Å². The second kappa shape index (κ2) is 7.88. The van der Waals surface area contributed by atoms with Gasteiger partial charge in [0.15, 0.2) is 0 Å². The molecule has 1 aromatic heterocycles. The maximum atomic E-state index is 13.8. The van der Waals surface area contributed by atoms with Crippen LogP contribution >= 0.6 is 0 Å². The number of hydrogen-bond acceptors (Lipinski definition) is 4. The Morgan fingerprint density at radius 3 is 2.67 bits per heavy atom. The number of carbonyl (C=O) groups is 1. The molecule has 0 spiro atoms. The van der Waals surface area contributed by atoms with E-state index in [9.17, 15) is 4.79 Å². The number of fused-ring (bicyclic) bond motifs is 1. The van der Waals surface area contributed by atoms with E-state index in [2.05, 4.69) is 67.3 Å². The van der Waals surface area contributed by atoms with Crippen LogP contribution in [0, 0.1) is 5.92 Å². The highest BCUT2D eigenvalue weighted by Gasteiger charge is 2.47. The van der Waals surface area contributed by atoms with Crippen LogP contribution in [0.3, 0.4) is 0 Å². The summed E-state index contributed by atoms with van der Waals surface area (Å²) in [5.74, 6) is 1.37. The summed E-state index contributed by atoms with van der Waals surface area (Å²) >= 11 is 0. The molecule has 4 rings (SSSR count). The minimum atomic E-state index is -0.147. The average Bonchev–Trinajstić information content (AvgIpc) is 3.36. The third kappa shape index (κ3) is 3.39. The van der Waals surface area contributed by atoms with Crippen LogP contribution in [0.1, 0.15) is 70.2 Å². The highest BCUT2D eigenvalue weighted by Crippen LogP contribution is 2.41. The molecule has 0 radical (unpaired) electrons. The van der Waals surface area contributed by atoms with Gasteiger partial charge in [0.1, 0.15) is 11.4 Å². The summed E-state index contributed by atoms with van der Waals surface area (Å²) in [5.41, 5.74) is 0.393. The molecule has 0 saturated carbocycles. The molecule has 164 valence electrons. The molecule has 1 unspecified atom stereocenters. The number of amides is 1. The fraction of sp³-hybridized carbons (Fsp3) is 0.667. The fourth-order valence-electron chi connectivity index (χ4n) is 5.63. The molecule has 0 bridgehead atoms. The molecular weight excluding hydrogens is 376 g/mol. The van der Waals surface area contributed by atoms with Crippen molar-refractivity contribution in [2.75, 3.05) is 19.0 Å². The van der Waals surface area contributed by atoms with Crippen molar-refractivity contribution in [3.8, 4) is 0 Å². The molecule has 30 heavy (non-hydrogen) atoms. The topological polar surface area (TPSA) is 59.4 Å². The normalized spacial score (nSPS) is 29.0. The van der Waals surface area contributed by atoms with Crippen molar-refractivity contribution in [3.05, 3.63) is 36.1 Å². The maximum absolute atomic E-state index is 13.8. The molecule has 1 amide bonds. The summed E-state index contributed by atoms with van der Waals surface area (Å²) < 4.78 is 7.68. The lowest BCUT2D eigenvalue weighted by molar-refractivity contribution is 0.0564. The Morgan fingerprint density at radius 2 is 2.03 bits per heavy atom. The Labute approximate surface area is 180 Å². The SMILES string of the molecule is CCC1(CC)C[C@@H](OC)CN1C(=O)c1cnn2c1N[C@@H](C1C=CC=CC1)CC2(C)C. The van der Waals surface area contributed by atoms with Gasteiger partial charge < -0.3 is 15.0 Å². The summed E-state index contributed by atoms with van der Waals surface area (Å²) in [5, 5.41) is 8.36. The minimum absolute atomic E-state index is 0.0718. The Kier molecular flexibility index (Phi) is 5.56. The van der Waals surface area contributed by atoms with E-state index in [1.54, 1.807) is 13.3 Å². The summed E-state index contributed by atoms with van der Waals surface area (Å²) in [4.78, 5) is 15.9. The molecule has 2 aliphatic heterocycles. The molecule has 3 aliphatic rings. The minimum Gasteiger partial charge on any atom is -0.380 e. The van der Waals surface area contributed by atoms with E-state index in [1.165, 1.54) is 0 Å². The predicted octanol–water partition coefficient (Wildman–Crippen LogP) is 4.35. The number of ether oxygens (including phenoxy) is 1. The highest BCUT2D eigenvalue weighted by molar-refractivity contribution is 5.99. The van der Waals surface area contributed by atoms with Crippen LogP contribution in [-0.4, -0.2) is 51.9 Å². The van der Waals surface area contributed by atoms with Crippen molar-refractivity contribution in [1.29, 1.82) is 0 Å². The first-order chi connectivity index (χ1) is 14.3. The number of likely N-dealkylation sites (tertiary alicyclic amines) is 1. The number of nitrogens with zero attached hydrogens (tertiary/aromatic N) is 3. The molecule has 6 nitrogen and oxygen atoms in total. The molecule has 6 heteroatoms. The van der Waals surface area contributed by atoms with Crippen molar-refractivity contribution in [2.45, 2.75) is 83.0 Å². The molecule has 3 atom stereocenters. The number of anilines is 1. The number of methoxy groups -OCH3 is 1. The third-order valence-corrected chi connectivity index (χ3v) is 7.61.